The number of esters is 2. The fourth-order valence-electron chi connectivity index (χ4n) is 2.02. The van der Waals surface area contributed by atoms with Crippen LogP contribution in [0.25, 0.3) is 5.57 Å². The van der Waals surface area contributed by atoms with Gasteiger partial charge in [-0.3, -0.25) is 4.79 Å². The molecule has 1 rings (SSSR count). The summed E-state index contributed by atoms with van der Waals surface area (Å²) < 4.78 is 20.1. The van der Waals surface area contributed by atoms with Crippen molar-refractivity contribution in [3.05, 3.63) is 29.8 Å². The lowest BCUT2D eigenvalue weighted by Gasteiger charge is -2.17. The van der Waals surface area contributed by atoms with Crippen molar-refractivity contribution in [2.75, 3.05) is 27.4 Å². The molecule has 7 nitrogen and oxygen atoms in total. The van der Waals surface area contributed by atoms with Gasteiger partial charge in [-0.2, -0.15) is 0 Å². The number of carbonyl (C=O) groups is 3. The summed E-state index contributed by atoms with van der Waals surface area (Å²) in [4.78, 5) is 35.3. The second-order valence-corrected chi connectivity index (χ2v) is 4.64. The molecule has 0 atom stereocenters. The first kappa shape index (κ1) is 19.2. The first-order chi connectivity index (χ1) is 11.4. The van der Waals surface area contributed by atoms with Crippen molar-refractivity contribution < 1.29 is 33.3 Å². The second kappa shape index (κ2) is 8.71. The number of rotatable bonds is 8. The van der Waals surface area contributed by atoms with Gasteiger partial charge in [0.25, 0.3) is 0 Å². The third-order valence-corrected chi connectivity index (χ3v) is 3.09. The van der Waals surface area contributed by atoms with Gasteiger partial charge in [0, 0.05) is 5.56 Å². The highest BCUT2D eigenvalue weighted by Crippen LogP contribution is 2.36. The van der Waals surface area contributed by atoms with Gasteiger partial charge in [-0.25, -0.2) is 9.59 Å². The van der Waals surface area contributed by atoms with Gasteiger partial charge in [0.1, 0.15) is 17.1 Å². The molecule has 1 aromatic carbocycles. The van der Waals surface area contributed by atoms with Crippen LogP contribution in [0.15, 0.2) is 18.7 Å². The van der Waals surface area contributed by atoms with Gasteiger partial charge in [0.05, 0.1) is 26.4 Å². The Morgan fingerprint density at radius 3 is 2.33 bits per heavy atom. The van der Waals surface area contributed by atoms with E-state index in [0.29, 0.717) is 0 Å². The molecule has 0 N–H and O–H groups in total. The standard InChI is InChI=1S/C17H20O7/c1-6-23-14(19)9-24-16-12(10(2)17(20)22-5)7-8-13(21-4)15(16)11(3)18/h7-8H,2,6,9H2,1,3-5H3. The Balaban J connectivity index is 3.40. The van der Waals surface area contributed by atoms with E-state index in [1.54, 1.807) is 6.92 Å². The summed E-state index contributed by atoms with van der Waals surface area (Å²) in [5.41, 5.74) is 0.322. The topological polar surface area (TPSA) is 88.1 Å². The fraction of sp³-hybridized carbons (Fsp3) is 0.353. The van der Waals surface area contributed by atoms with Crippen LogP contribution in [0.1, 0.15) is 29.8 Å². The minimum absolute atomic E-state index is 0.0125. The number of hydrogen-bond acceptors (Lipinski definition) is 7. The van der Waals surface area contributed by atoms with E-state index >= 15 is 0 Å². The molecule has 0 radical (unpaired) electrons. The van der Waals surface area contributed by atoms with Crippen LogP contribution in [0.5, 0.6) is 11.5 Å². The van der Waals surface area contributed by atoms with Gasteiger partial charge in [0.15, 0.2) is 12.4 Å². The average Bonchev–Trinajstić information content (AvgIpc) is 2.57. The zero-order valence-electron chi connectivity index (χ0n) is 14.1. The van der Waals surface area contributed by atoms with Crippen LogP contribution in [0.4, 0.5) is 0 Å². The molecule has 24 heavy (non-hydrogen) atoms. The van der Waals surface area contributed by atoms with Gasteiger partial charge >= 0.3 is 11.9 Å². The number of ketones is 1. The van der Waals surface area contributed by atoms with E-state index in [1.807, 2.05) is 0 Å². The number of hydrogen-bond donors (Lipinski definition) is 0. The van der Waals surface area contributed by atoms with Gasteiger partial charge < -0.3 is 18.9 Å². The summed E-state index contributed by atoms with van der Waals surface area (Å²) in [5, 5.41) is 0. The fourth-order valence-corrected chi connectivity index (χ4v) is 2.02. The maximum atomic E-state index is 12.0. The van der Waals surface area contributed by atoms with Crippen molar-refractivity contribution in [1.29, 1.82) is 0 Å². The van der Waals surface area contributed by atoms with Crippen molar-refractivity contribution >= 4 is 23.3 Å². The Hall–Kier alpha value is -2.83. The maximum Gasteiger partial charge on any atom is 0.344 e. The lowest BCUT2D eigenvalue weighted by atomic mass is 9.99. The van der Waals surface area contributed by atoms with Crippen LogP contribution in [0.3, 0.4) is 0 Å². The highest BCUT2D eigenvalue weighted by Gasteiger charge is 2.24. The van der Waals surface area contributed by atoms with Crippen LogP contribution >= 0.6 is 0 Å². The molecule has 0 aliphatic carbocycles. The summed E-state index contributed by atoms with van der Waals surface area (Å²) in [6.45, 7) is 6.40. The number of Topliss-reactive ketones (excluding diaryl/α,β-unsaturated/α-hetero) is 1. The summed E-state index contributed by atoms with van der Waals surface area (Å²) in [6, 6.07) is 3.02. The summed E-state index contributed by atoms with van der Waals surface area (Å²) in [6.07, 6.45) is 0. The third-order valence-electron chi connectivity index (χ3n) is 3.09. The minimum atomic E-state index is -0.685. The highest BCUT2D eigenvalue weighted by atomic mass is 16.6. The number of ether oxygens (including phenoxy) is 4. The predicted molar refractivity (Wildman–Crippen MR) is 86.2 cm³/mol. The molecule has 0 aliphatic rings. The Bertz CT molecular complexity index is 661. The SMILES string of the molecule is C=C(C(=O)OC)c1ccc(OC)c(C(C)=O)c1OCC(=O)OCC. The molecule has 0 heterocycles. The first-order valence-electron chi connectivity index (χ1n) is 7.15. The molecule has 0 unspecified atom stereocenters. The third kappa shape index (κ3) is 4.34. The molecular weight excluding hydrogens is 316 g/mol. The number of methoxy groups -OCH3 is 2. The van der Waals surface area contributed by atoms with Gasteiger partial charge in [0.2, 0.25) is 0 Å². The van der Waals surface area contributed by atoms with Crippen molar-refractivity contribution in [3.63, 3.8) is 0 Å². The molecule has 0 bridgehead atoms. The lowest BCUT2D eigenvalue weighted by Crippen LogP contribution is -2.17. The Morgan fingerprint density at radius 2 is 1.83 bits per heavy atom. The van der Waals surface area contributed by atoms with Crippen molar-refractivity contribution in [2.24, 2.45) is 0 Å². The number of carbonyl (C=O) groups excluding carboxylic acids is 3. The molecule has 7 heteroatoms. The Kier molecular flexibility index (Phi) is 6.98. The number of benzene rings is 1. The van der Waals surface area contributed by atoms with E-state index in [0.717, 1.165) is 0 Å². The smallest absolute Gasteiger partial charge is 0.344 e. The summed E-state index contributed by atoms with van der Waals surface area (Å²) in [7, 11) is 2.60. The van der Waals surface area contributed by atoms with Crippen LogP contribution in [-0.2, 0) is 19.1 Å². The molecule has 0 saturated heterocycles. The molecule has 1 aromatic rings. The van der Waals surface area contributed by atoms with E-state index in [9.17, 15) is 14.4 Å². The summed E-state index contributed by atoms with van der Waals surface area (Å²) in [5.74, 6) is -1.38. The molecule has 0 aliphatic heterocycles. The lowest BCUT2D eigenvalue weighted by molar-refractivity contribution is -0.145. The average molecular weight is 336 g/mol. The molecule has 0 saturated carbocycles. The molecule has 0 aromatic heterocycles. The zero-order valence-corrected chi connectivity index (χ0v) is 14.1. The van der Waals surface area contributed by atoms with Gasteiger partial charge in [-0.15, -0.1) is 0 Å². The monoisotopic (exact) mass is 336 g/mol. The first-order valence-corrected chi connectivity index (χ1v) is 7.15. The van der Waals surface area contributed by atoms with E-state index < -0.39 is 18.5 Å². The quantitative estimate of drug-likeness (QED) is 0.408. The minimum Gasteiger partial charge on any atom is -0.496 e. The largest absolute Gasteiger partial charge is 0.496 e. The molecule has 130 valence electrons. The maximum absolute atomic E-state index is 12.0. The molecule has 0 amide bonds. The van der Waals surface area contributed by atoms with E-state index in [1.165, 1.54) is 33.3 Å². The normalized spacial score (nSPS) is 9.83. The Morgan fingerprint density at radius 1 is 1.17 bits per heavy atom. The van der Waals surface area contributed by atoms with Crippen molar-refractivity contribution in [1.82, 2.24) is 0 Å². The van der Waals surface area contributed by atoms with Crippen LogP contribution in [0.2, 0.25) is 0 Å². The second-order valence-electron chi connectivity index (χ2n) is 4.64. The molecule has 0 spiro atoms. The zero-order chi connectivity index (χ0) is 18.3. The predicted octanol–water partition coefficient (Wildman–Crippen LogP) is 2.03. The van der Waals surface area contributed by atoms with E-state index in [2.05, 4.69) is 11.3 Å². The highest BCUT2D eigenvalue weighted by molar-refractivity contribution is 6.17. The van der Waals surface area contributed by atoms with E-state index in [4.69, 9.17) is 14.2 Å². The molecule has 0 fully saturated rings. The van der Waals surface area contributed by atoms with E-state index in [-0.39, 0.29) is 40.6 Å². The Labute approximate surface area is 140 Å². The van der Waals surface area contributed by atoms with Crippen LogP contribution < -0.4 is 9.47 Å². The van der Waals surface area contributed by atoms with Crippen molar-refractivity contribution in [3.8, 4) is 11.5 Å². The van der Waals surface area contributed by atoms with Crippen LogP contribution in [0, 0.1) is 0 Å². The van der Waals surface area contributed by atoms with Gasteiger partial charge in [-0.05, 0) is 26.0 Å². The summed E-state index contributed by atoms with van der Waals surface area (Å²) >= 11 is 0. The van der Waals surface area contributed by atoms with Crippen LogP contribution in [-0.4, -0.2) is 45.2 Å². The molecular formula is C17H20O7. The van der Waals surface area contributed by atoms with Gasteiger partial charge in [-0.1, -0.05) is 6.58 Å². The van der Waals surface area contributed by atoms with Crippen molar-refractivity contribution in [2.45, 2.75) is 13.8 Å².